The number of nitro groups is 1. The summed E-state index contributed by atoms with van der Waals surface area (Å²) in [6.45, 7) is 3.70. The molecule has 21 heavy (non-hydrogen) atoms. The summed E-state index contributed by atoms with van der Waals surface area (Å²) in [7, 11) is -3.71. The molecule has 0 amide bonds. The normalized spacial score (nSPS) is 23.0. The van der Waals surface area contributed by atoms with Crippen molar-refractivity contribution in [3.63, 3.8) is 0 Å². The van der Waals surface area contributed by atoms with E-state index in [4.69, 9.17) is 0 Å². The topological polar surface area (TPSA) is 89.3 Å². The molecule has 1 fully saturated rings. The van der Waals surface area contributed by atoms with Gasteiger partial charge >= 0.3 is 0 Å². The van der Waals surface area contributed by atoms with E-state index in [-0.39, 0.29) is 16.6 Å². The first-order valence-corrected chi connectivity index (χ1v) is 8.55. The zero-order valence-electron chi connectivity index (χ0n) is 12.2. The van der Waals surface area contributed by atoms with E-state index >= 15 is 0 Å². The van der Waals surface area contributed by atoms with Crippen molar-refractivity contribution in [1.29, 1.82) is 0 Å². The Balaban J connectivity index is 2.23. The van der Waals surface area contributed by atoms with Gasteiger partial charge in [-0.05, 0) is 31.7 Å². The van der Waals surface area contributed by atoms with Gasteiger partial charge in [0.1, 0.15) is 0 Å². The van der Waals surface area contributed by atoms with Crippen LogP contribution in [-0.2, 0) is 10.0 Å². The van der Waals surface area contributed by atoms with E-state index in [0.717, 1.165) is 31.7 Å². The van der Waals surface area contributed by atoms with Crippen LogP contribution >= 0.6 is 0 Å². The summed E-state index contributed by atoms with van der Waals surface area (Å²) in [6, 6.07) is 3.93. The molecule has 0 spiro atoms. The molecular formula is C14H20N2O4S. The molecule has 1 saturated carbocycles. The third kappa shape index (κ3) is 3.79. The lowest BCUT2D eigenvalue weighted by Gasteiger charge is -2.27. The summed E-state index contributed by atoms with van der Waals surface area (Å²) >= 11 is 0. The molecule has 2 atom stereocenters. The van der Waals surface area contributed by atoms with Crippen LogP contribution in [0.1, 0.15) is 38.2 Å². The molecule has 1 N–H and O–H groups in total. The van der Waals surface area contributed by atoms with E-state index < -0.39 is 14.9 Å². The van der Waals surface area contributed by atoms with Gasteiger partial charge in [0.05, 0.1) is 9.82 Å². The Labute approximate surface area is 124 Å². The highest BCUT2D eigenvalue weighted by Crippen LogP contribution is 2.26. The Morgan fingerprint density at radius 2 is 2.05 bits per heavy atom. The van der Waals surface area contributed by atoms with E-state index in [1.165, 1.54) is 12.1 Å². The average molecular weight is 312 g/mol. The Hall–Kier alpha value is -1.47. The van der Waals surface area contributed by atoms with Crippen molar-refractivity contribution < 1.29 is 13.3 Å². The van der Waals surface area contributed by atoms with Gasteiger partial charge in [-0.25, -0.2) is 13.1 Å². The summed E-state index contributed by atoms with van der Waals surface area (Å²) in [5.41, 5.74) is 0.278. The van der Waals surface area contributed by atoms with Crippen LogP contribution < -0.4 is 4.72 Å². The van der Waals surface area contributed by atoms with Crippen LogP contribution in [0.15, 0.2) is 23.1 Å². The number of rotatable bonds is 4. The standard InChI is InChI=1S/C14H20N2O4S/c1-10-4-3-5-12(8-10)15-21(19,20)13-7-6-11(2)14(9-13)16(17)18/h6-7,9-10,12,15H,3-5,8H2,1-2H3. The molecule has 1 aromatic carbocycles. The molecule has 0 bridgehead atoms. The molecule has 7 heteroatoms. The summed E-state index contributed by atoms with van der Waals surface area (Å²) in [5, 5.41) is 10.9. The van der Waals surface area contributed by atoms with Crippen molar-refractivity contribution >= 4 is 15.7 Å². The molecule has 1 aliphatic rings. The van der Waals surface area contributed by atoms with E-state index in [9.17, 15) is 18.5 Å². The van der Waals surface area contributed by atoms with Crippen molar-refractivity contribution in [2.24, 2.45) is 5.92 Å². The molecule has 0 aromatic heterocycles. The minimum atomic E-state index is -3.71. The highest BCUT2D eigenvalue weighted by molar-refractivity contribution is 7.89. The molecule has 1 aliphatic carbocycles. The van der Waals surface area contributed by atoms with Crippen LogP contribution in [0, 0.1) is 23.0 Å². The molecule has 0 heterocycles. The summed E-state index contributed by atoms with van der Waals surface area (Å²) in [5.74, 6) is 0.499. The predicted octanol–water partition coefficient (Wildman–Crippen LogP) is 2.76. The van der Waals surface area contributed by atoms with Crippen molar-refractivity contribution in [3.05, 3.63) is 33.9 Å². The number of nitrogens with one attached hydrogen (secondary N) is 1. The molecule has 6 nitrogen and oxygen atoms in total. The minimum Gasteiger partial charge on any atom is -0.258 e. The first-order valence-electron chi connectivity index (χ1n) is 7.07. The number of aryl methyl sites for hydroxylation is 1. The van der Waals surface area contributed by atoms with Crippen molar-refractivity contribution in [3.8, 4) is 0 Å². The second kappa shape index (κ2) is 6.11. The molecular weight excluding hydrogens is 292 g/mol. The van der Waals surface area contributed by atoms with Crippen LogP contribution in [0.4, 0.5) is 5.69 Å². The van der Waals surface area contributed by atoms with Gasteiger partial charge < -0.3 is 0 Å². The van der Waals surface area contributed by atoms with Gasteiger partial charge in [0.15, 0.2) is 0 Å². The molecule has 116 valence electrons. The Morgan fingerprint density at radius 3 is 2.67 bits per heavy atom. The van der Waals surface area contributed by atoms with Gasteiger partial charge in [-0.15, -0.1) is 0 Å². The first-order chi connectivity index (χ1) is 9.79. The van der Waals surface area contributed by atoms with Gasteiger partial charge in [0.25, 0.3) is 5.69 Å². The van der Waals surface area contributed by atoms with E-state index in [2.05, 4.69) is 11.6 Å². The van der Waals surface area contributed by atoms with Crippen LogP contribution in [-0.4, -0.2) is 19.4 Å². The summed E-state index contributed by atoms with van der Waals surface area (Å²) < 4.78 is 27.4. The first kappa shape index (κ1) is 15.9. The smallest absolute Gasteiger partial charge is 0.258 e. The van der Waals surface area contributed by atoms with Crippen molar-refractivity contribution in [2.45, 2.75) is 50.5 Å². The van der Waals surface area contributed by atoms with Gasteiger partial charge in [-0.1, -0.05) is 25.8 Å². The number of hydrogen-bond donors (Lipinski definition) is 1. The van der Waals surface area contributed by atoms with Crippen LogP contribution in [0.2, 0.25) is 0 Å². The third-order valence-corrected chi connectivity index (χ3v) is 5.46. The van der Waals surface area contributed by atoms with Gasteiger partial charge in [0.2, 0.25) is 10.0 Å². The molecule has 2 rings (SSSR count). The Bertz CT molecular complexity index is 642. The number of benzene rings is 1. The van der Waals surface area contributed by atoms with Crippen LogP contribution in [0.5, 0.6) is 0 Å². The maximum Gasteiger partial charge on any atom is 0.273 e. The van der Waals surface area contributed by atoms with Crippen molar-refractivity contribution in [2.75, 3.05) is 0 Å². The second-order valence-electron chi connectivity index (χ2n) is 5.80. The maximum absolute atomic E-state index is 12.4. The molecule has 0 aliphatic heterocycles. The average Bonchev–Trinajstić information content (AvgIpc) is 2.38. The lowest BCUT2D eigenvalue weighted by molar-refractivity contribution is -0.385. The fourth-order valence-corrected chi connectivity index (χ4v) is 4.08. The van der Waals surface area contributed by atoms with Gasteiger partial charge in [-0.3, -0.25) is 10.1 Å². The van der Waals surface area contributed by atoms with Crippen LogP contribution in [0.3, 0.4) is 0 Å². The Morgan fingerprint density at radius 1 is 1.33 bits per heavy atom. The van der Waals surface area contributed by atoms with E-state index in [1.807, 2.05) is 0 Å². The highest BCUT2D eigenvalue weighted by Gasteiger charge is 2.26. The van der Waals surface area contributed by atoms with Crippen molar-refractivity contribution in [1.82, 2.24) is 4.72 Å². The van der Waals surface area contributed by atoms with E-state index in [1.54, 1.807) is 6.92 Å². The fraction of sp³-hybridized carbons (Fsp3) is 0.571. The molecule has 2 unspecified atom stereocenters. The minimum absolute atomic E-state index is 0.0435. The number of hydrogen-bond acceptors (Lipinski definition) is 4. The van der Waals surface area contributed by atoms with Crippen LogP contribution in [0.25, 0.3) is 0 Å². The van der Waals surface area contributed by atoms with Gasteiger partial charge in [-0.2, -0.15) is 0 Å². The SMILES string of the molecule is Cc1ccc(S(=O)(=O)NC2CCCC(C)C2)cc1[N+](=O)[O-]. The summed E-state index contributed by atoms with van der Waals surface area (Å²) in [6.07, 6.45) is 3.75. The third-order valence-electron chi connectivity index (χ3n) is 3.95. The molecule has 1 aromatic rings. The number of nitro benzene ring substituents is 1. The number of nitrogens with zero attached hydrogens (tertiary/aromatic N) is 1. The monoisotopic (exact) mass is 312 g/mol. The second-order valence-corrected chi connectivity index (χ2v) is 7.51. The lowest BCUT2D eigenvalue weighted by atomic mass is 9.88. The number of sulfonamides is 1. The molecule has 0 radical (unpaired) electrons. The largest absolute Gasteiger partial charge is 0.273 e. The molecule has 0 saturated heterocycles. The van der Waals surface area contributed by atoms with Gasteiger partial charge in [0, 0.05) is 17.7 Å². The lowest BCUT2D eigenvalue weighted by Crippen LogP contribution is -2.37. The maximum atomic E-state index is 12.4. The quantitative estimate of drug-likeness (QED) is 0.684. The zero-order valence-corrected chi connectivity index (χ0v) is 13.0. The highest BCUT2D eigenvalue weighted by atomic mass is 32.2. The van der Waals surface area contributed by atoms with E-state index in [0.29, 0.717) is 11.5 Å². The fourth-order valence-electron chi connectivity index (χ4n) is 2.78. The zero-order chi connectivity index (χ0) is 15.6. The summed E-state index contributed by atoms with van der Waals surface area (Å²) in [4.78, 5) is 10.3. The Kier molecular flexibility index (Phi) is 4.63. The predicted molar refractivity (Wildman–Crippen MR) is 79.6 cm³/mol.